The minimum atomic E-state index is -0.0710. The van der Waals surface area contributed by atoms with E-state index in [1.54, 1.807) is 5.57 Å². The summed E-state index contributed by atoms with van der Waals surface area (Å²) in [5.74, 6) is 3.79. The van der Waals surface area contributed by atoms with E-state index in [1.807, 2.05) is 0 Å². The van der Waals surface area contributed by atoms with Gasteiger partial charge in [0.15, 0.2) is 0 Å². The number of aliphatic hydroxyl groups is 1. The van der Waals surface area contributed by atoms with Crippen LogP contribution in [0, 0.1) is 34.5 Å². The van der Waals surface area contributed by atoms with Crippen molar-refractivity contribution in [2.75, 3.05) is 0 Å². The van der Waals surface area contributed by atoms with Gasteiger partial charge in [0, 0.05) is 0 Å². The summed E-state index contributed by atoms with van der Waals surface area (Å²) >= 11 is 0. The number of allylic oxidation sites excluding steroid dienone is 1. The zero-order valence-electron chi connectivity index (χ0n) is 18.3. The summed E-state index contributed by atoms with van der Waals surface area (Å²) in [7, 11) is 0. The fraction of sp³-hybridized carbons (Fsp3) is 0.923. The molecule has 0 bridgehead atoms. The molecule has 3 fully saturated rings. The van der Waals surface area contributed by atoms with E-state index in [4.69, 9.17) is 0 Å². The summed E-state index contributed by atoms with van der Waals surface area (Å²) in [5.41, 5.74) is 2.65. The van der Waals surface area contributed by atoms with E-state index in [1.165, 1.54) is 77.0 Å². The molecule has 4 aliphatic carbocycles. The maximum Gasteiger partial charge on any atom is 0.0577 e. The molecule has 0 unspecified atom stereocenters. The molecule has 0 amide bonds. The van der Waals surface area contributed by atoms with Gasteiger partial charge < -0.3 is 5.11 Å². The molecular formula is C26H44O. The first-order valence-corrected chi connectivity index (χ1v) is 12.4. The first-order chi connectivity index (χ1) is 13.0. The molecule has 27 heavy (non-hydrogen) atoms. The summed E-state index contributed by atoms with van der Waals surface area (Å²) in [6.45, 7) is 7.56. The van der Waals surface area contributed by atoms with Crippen molar-refractivity contribution in [1.82, 2.24) is 0 Å². The van der Waals surface area contributed by atoms with Gasteiger partial charge in [-0.25, -0.2) is 0 Å². The molecule has 0 aromatic carbocycles. The minimum Gasteiger partial charge on any atom is -0.393 e. The number of unbranched alkanes of at least 4 members (excludes halogenated alkanes) is 4. The summed E-state index contributed by atoms with van der Waals surface area (Å²) in [6.07, 6.45) is 21.6. The first kappa shape index (κ1) is 20.0. The molecule has 0 radical (unpaired) electrons. The lowest BCUT2D eigenvalue weighted by Gasteiger charge is -2.58. The van der Waals surface area contributed by atoms with Crippen LogP contribution in [0.25, 0.3) is 0 Å². The molecule has 3 saturated carbocycles. The normalized spacial score (nSPS) is 46.4. The van der Waals surface area contributed by atoms with Crippen LogP contribution in [0.5, 0.6) is 0 Å². The van der Waals surface area contributed by atoms with Crippen LogP contribution in [0.3, 0.4) is 0 Å². The Balaban J connectivity index is 1.44. The molecule has 0 spiro atoms. The summed E-state index contributed by atoms with van der Waals surface area (Å²) < 4.78 is 0. The van der Waals surface area contributed by atoms with Gasteiger partial charge in [0.2, 0.25) is 0 Å². The van der Waals surface area contributed by atoms with E-state index in [9.17, 15) is 5.11 Å². The van der Waals surface area contributed by atoms with Crippen molar-refractivity contribution in [1.29, 1.82) is 0 Å². The van der Waals surface area contributed by atoms with Crippen LogP contribution in [0.2, 0.25) is 0 Å². The highest BCUT2D eigenvalue weighted by Gasteiger charge is 2.58. The van der Waals surface area contributed by atoms with Gasteiger partial charge in [0.1, 0.15) is 0 Å². The predicted octanol–water partition coefficient (Wildman–Crippen LogP) is 7.29. The fourth-order valence-electron chi connectivity index (χ4n) is 8.22. The highest BCUT2D eigenvalue weighted by Crippen LogP contribution is 2.66. The quantitative estimate of drug-likeness (QED) is 0.383. The molecule has 0 saturated heterocycles. The Hall–Kier alpha value is -0.300. The van der Waals surface area contributed by atoms with E-state index in [-0.39, 0.29) is 6.10 Å². The van der Waals surface area contributed by atoms with Crippen molar-refractivity contribution in [2.24, 2.45) is 34.5 Å². The molecule has 1 N–H and O–H groups in total. The van der Waals surface area contributed by atoms with Crippen molar-refractivity contribution in [2.45, 2.75) is 117 Å². The van der Waals surface area contributed by atoms with Gasteiger partial charge in [-0.3, -0.25) is 0 Å². The van der Waals surface area contributed by atoms with Gasteiger partial charge in [-0.1, -0.05) is 64.5 Å². The lowest BCUT2D eigenvalue weighted by atomic mass is 9.47. The Labute approximate surface area is 168 Å². The summed E-state index contributed by atoms with van der Waals surface area (Å²) in [5, 5.41) is 10.2. The SMILES string of the molecule is CCCCCCC[C@@H]1CC[C@H]2[C@@H]3CC=C4C[C@@H](O)CC[C@]4(C)[C@H]3CC[C@]12C. The van der Waals surface area contributed by atoms with Crippen LogP contribution in [-0.2, 0) is 0 Å². The third kappa shape index (κ3) is 3.45. The van der Waals surface area contributed by atoms with E-state index in [2.05, 4.69) is 26.8 Å². The maximum atomic E-state index is 10.2. The van der Waals surface area contributed by atoms with Gasteiger partial charge in [-0.15, -0.1) is 0 Å². The number of hydrogen-bond donors (Lipinski definition) is 1. The molecule has 4 rings (SSSR count). The van der Waals surface area contributed by atoms with E-state index in [0.717, 1.165) is 36.5 Å². The average Bonchev–Trinajstić information content (AvgIpc) is 2.99. The zero-order chi connectivity index (χ0) is 19.1. The van der Waals surface area contributed by atoms with Gasteiger partial charge in [-0.2, -0.15) is 0 Å². The zero-order valence-corrected chi connectivity index (χ0v) is 18.3. The Morgan fingerprint density at radius 1 is 0.963 bits per heavy atom. The molecule has 0 aromatic rings. The number of aliphatic hydroxyl groups excluding tert-OH is 1. The van der Waals surface area contributed by atoms with Crippen LogP contribution < -0.4 is 0 Å². The molecule has 1 nitrogen and oxygen atoms in total. The monoisotopic (exact) mass is 372 g/mol. The molecule has 4 aliphatic rings. The lowest BCUT2D eigenvalue weighted by molar-refractivity contribution is -0.0508. The standard InChI is InChI=1S/C26H44O/c1-4-5-6-7-8-9-19-11-13-23-22-12-10-20-18-21(27)14-16-26(20,3)24(22)15-17-25(19,23)2/h10,19,21-24,27H,4-9,11-18H2,1-3H3/t19-,21+,22+,23+,24+,25-,26+/m1/s1. The maximum absolute atomic E-state index is 10.2. The molecule has 1 heteroatoms. The molecule has 0 aromatic heterocycles. The number of fused-ring (bicyclic) bond motifs is 5. The number of rotatable bonds is 6. The van der Waals surface area contributed by atoms with E-state index < -0.39 is 0 Å². The first-order valence-electron chi connectivity index (χ1n) is 12.4. The third-order valence-corrected chi connectivity index (χ3v) is 9.93. The highest BCUT2D eigenvalue weighted by atomic mass is 16.3. The van der Waals surface area contributed by atoms with Crippen LogP contribution in [0.15, 0.2) is 11.6 Å². The predicted molar refractivity (Wildman–Crippen MR) is 115 cm³/mol. The molecular weight excluding hydrogens is 328 g/mol. The van der Waals surface area contributed by atoms with Gasteiger partial charge in [0.25, 0.3) is 0 Å². The molecule has 0 aliphatic heterocycles. The van der Waals surface area contributed by atoms with Crippen LogP contribution in [0.4, 0.5) is 0 Å². The Kier molecular flexibility index (Phi) is 5.81. The number of hydrogen-bond acceptors (Lipinski definition) is 1. The van der Waals surface area contributed by atoms with Crippen molar-refractivity contribution in [3.8, 4) is 0 Å². The van der Waals surface area contributed by atoms with Crippen molar-refractivity contribution in [3.63, 3.8) is 0 Å². The topological polar surface area (TPSA) is 20.2 Å². The second-order valence-electron chi connectivity index (χ2n) is 11.2. The van der Waals surface area contributed by atoms with Crippen molar-refractivity contribution >= 4 is 0 Å². The Morgan fingerprint density at radius 3 is 2.59 bits per heavy atom. The van der Waals surface area contributed by atoms with Crippen molar-refractivity contribution < 1.29 is 5.11 Å². The Bertz CT molecular complexity index is 550. The van der Waals surface area contributed by atoms with Gasteiger partial charge >= 0.3 is 0 Å². The highest BCUT2D eigenvalue weighted by molar-refractivity contribution is 5.25. The second-order valence-corrected chi connectivity index (χ2v) is 11.2. The largest absolute Gasteiger partial charge is 0.393 e. The van der Waals surface area contributed by atoms with Crippen LogP contribution >= 0.6 is 0 Å². The van der Waals surface area contributed by atoms with E-state index in [0.29, 0.717) is 10.8 Å². The van der Waals surface area contributed by atoms with Gasteiger partial charge in [0.05, 0.1) is 6.10 Å². The molecule has 154 valence electrons. The second kappa shape index (κ2) is 7.85. The third-order valence-electron chi connectivity index (χ3n) is 9.93. The molecule has 7 atom stereocenters. The summed E-state index contributed by atoms with van der Waals surface area (Å²) in [6, 6.07) is 0. The fourth-order valence-corrected chi connectivity index (χ4v) is 8.22. The summed E-state index contributed by atoms with van der Waals surface area (Å²) in [4.78, 5) is 0. The minimum absolute atomic E-state index is 0.0710. The average molecular weight is 373 g/mol. The van der Waals surface area contributed by atoms with E-state index >= 15 is 0 Å². The Morgan fingerprint density at radius 2 is 1.78 bits per heavy atom. The smallest absolute Gasteiger partial charge is 0.0577 e. The van der Waals surface area contributed by atoms with Crippen LogP contribution in [-0.4, -0.2) is 11.2 Å². The van der Waals surface area contributed by atoms with Crippen molar-refractivity contribution in [3.05, 3.63) is 11.6 Å². The van der Waals surface area contributed by atoms with Gasteiger partial charge in [-0.05, 0) is 92.3 Å². The lowest BCUT2D eigenvalue weighted by Crippen LogP contribution is -2.50. The van der Waals surface area contributed by atoms with Crippen LogP contribution in [0.1, 0.15) is 111 Å². The molecule has 0 heterocycles.